The summed E-state index contributed by atoms with van der Waals surface area (Å²) >= 11 is 0. The van der Waals surface area contributed by atoms with Crippen LogP contribution in [0.4, 0.5) is 0 Å². The van der Waals surface area contributed by atoms with Gasteiger partial charge in [0.15, 0.2) is 0 Å². The zero-order valence-electron chi connectivity index (χ0n) is 7.34. The van der Waals surface area contributed by atoms with E-state index in [4.69, 9.17) is 0 Å². The fourth-order valence-electron chi connectivity index (χ4n) is 1.70. The lowest BCUT2D eigenvalue weighted by Gasteiger charge is -2.27. The van der Waals surface area contributed by atoms with E-state index in [9.17, 15) is 5.11 Å². The van der Waals surface area contributed by atoms with E-state index in [1.807, 2.05) is 0 Å². The van der Waals surface area contributed by atoms with Crippen molar-refractivity contribution in [3.63, 3.8) is 0 Å². The van der Waals surface area contributed by atoms with Crippen LogP contribution in [-0.2, 0) is 0 Å². The van der Waals surface area contributed by atoms with Crippen LogP contribution in [0.15, 0.2) is 0 Å². The van der Waals surface area contributed by atoms with Gasteiger partial charge < -0.3 is 10.4 Å². The Morgan fingerprint density at radius 3 is 3.00 bits per heavy atom. The summed E-state index contributed by atoms with van der Waals surface area (Å²) in [6, 6.07) is 1.49. The molecule has 1 heterocycles. The zero-order valence-corrected chi connectivity index (χ0v) is 8.76. The van der Waals surface area contributed by atoms with Crippen molar-refractivity contribution < 1.29 is 5.11 Å². The molecule has 66 valence electrons. The van der Waals surface area contributed by atoms with Gasteiger partial charge in [-0.05, 0) is 25.4 Å². The molecule has 0 saturated carbocycles. The maximum Gasteiger partial charge on any atom is 0.0664 e. The molecule has 1 saturated heterocycles. The predicted molar refractivity (Wildman–Crippen MR) is 50.9 cm³/mol. The molecule has 0 aliphatic carbocycles. The fourth-order valence-corrected chi connectivity index (χ4v) is 2.70. The Labute approximate surface area is 71.2 Å². The Bertz CT molecular complexity index is 104. The number of hydrogen-bond acceptors (Lipinski definition) is 2. The molecule has 2 nitrogen and oxygen atoms in total. The van der Waals surface area contributed by atoms with Gasteiger partial charge in [0, 0.05) is 15.6 Å². The third-order valence-corrected chi connectivity index (χ3v) is 3.57. The maximum absolute atomic E-state index is 9.65. The summed E-state index contributed by atoms with van der Waals surface area (Å²) in [5, 5.41) is 13.0. The van der Waals surface area contributed by atoms with Gasteiger partial charge in [-0.2, -0.15) is 0 Å². The Morgan fingerprint density at radius 1 is 1.64 bits per heavy atom. The van der Waals surface area contributed by atoms with E-state index in [2.05, 4.69) is 11.9 Å². The summed E-state index contributed by atoms with van der Waals surface area (Å²) in [7, 11) is 0.0315. The molecule has 0 aromatic heterocycles. The summed E-state index contributed by atoms with van der Waals surface area (Å²) in [5.74, 6) is 0. The molecule has 1 aliphatic rings. The Kier molecular flexibility index (Phi) is 4.11. The number of aliphatic hydroxyl groups is 1. The number of aliphatic hydroxyl groups excluding tert-OH is 1. The number of piperidine rings is 1. The largest absolute Gasteiger partial charge is 0.392 e. The Morgan fingerprint density at radius 2 is 2.45 bits per heavy atom. The van der Waals surface area contributed by atoms with E-state index in [0.29, 0.717) is 6.04 Å². The SMILES string of the molecule is C[SiH2]C[C@@H](O)[C@@H]1CCCCN1. The smallest absolute Gasteiger partial charge is 0.0664 e. The highest BCUT2D eigenvalue weighted by Crippen LogP contribution is 2.12. The lowest BCUT2D eigenvalue weighted by atomic mass is 10.0. The van der Waals surface area contributed by atoms with E-state index in [0.717, 1.165) is 12.6 Å². The molecule has 1 rings (SSSR count). The quantitative estimate of drug-likeness (QED) is 0.594. The number of rotatable bonds is 3. The third kappa shape index (κ3) is 2.93. The minimum Gasteiger partial charge on any atom is -0.392 e. The van der Waals surface area contributed by atoms with Crippen LogP contribution < -0.4 is 5.32 Å². The average Bonchev–Trinajstić information content (AvgIpc) is 2.07. The normalized spacial score (nSPS) is 29.5. The molecule has 0 unspecified atom stereocenters. The first-order valence-corrected chi connectivity index (χ1v) is 7.17. The summed E-state index contributed by atoms with van der Waals surface area (Å²) in [6.07, 6.45) is 3.70. The average molecular weight is 173 g/mol. The Balaban J connectivity index is 2.21. The minimum absolute atomic E-state index is 0.0315. The van der Waals surface area contributed by atoms with E-state index in [1.54, 1.807) is 0 Å². The summed E-state index contributed by atoms with van der Waals surface area (Å²) < 4.78 is 0. The van der Waals surface area contributed by atoms with Crippen LogP contribution in [0, 0.1) is 0 Å². The topological polar surface area (TPSA) is 32.3 Å². The first kappa shape index (κ1) is 9.23. The molecular formula is C8H19NOSi. The van der Waals surface area contributed by atoms with E-state index in [-0.39, 0.29) is 15.6 Å². The standard InChI is InChI=1S/C8H19NOSi/c1-11-6-8(10)7-4-2-3-5-9-7/h7-10H,2-6,11H2,1H3/t7-,8+/m0/s1. The zero-order chi connectivity index (χ0) is 8.10. The van der Waals surface area contributed by atoms with Crippen LogP contribution in [0.25, 0.3) is 0 Å². The molecule has 3 heteroatoms. The van der Waals surface area contributed by atoms with E-state index >= 15 is 0 Å². The second kappa shape index (κ2) is 4.90. The van der Waals surface area contributed by atoms with Gasteiger partial charge in [0.25, 0.3) is 0 Å². The van der Waals surface area contributed by atoms with Crippen LogP contribution in [0.3, 0.4) is 0 Å². The molecule has 11 heavy (non-hydrogen) atoms. The third-order valence-electron chi connectivity index (χ3n) is 2.40. The van der Waals surface area contributed by atoms with E-state index < -0.39 is 0 Å². The molecule has 0 aromatic carbocycles. The van der Waals surface area contributed by atoms with Crippen molar-refractivity contribution in [1.29, 1.82) is 0 Å². The van der Waals surface area contributed by atoms with Gasteiger partial charge in [-0.3, -0.25) is 0 Å². The van der Waals surface area contributed by atoms with Gasteiger partial charge in [0.2, 0.25) is 0 Å². The van der Waals surface area contributed by atoms with Crippen molar-refractivity contribution in [2.75, 3.05) is 6.54 Å². The van der Waals surface area contributed by atoms with Crippen molar-refractivity contribution in [3.05, 3.63) is 0 Å². The van der Waals surface area contributed by atoms with Crippen molar-refractivity contribution in [1.82, 2.24) is 5.32 Å². The van der Waals surface area contributed by atoms with Gasteiger partial charge in [-0.25, -0.2) is 0 Å². The molecule has 0 spiro atoms. The monoisotopic (exact) mass is 173 g/mol. The molecule has 1 fully saturated rings. The van der Waals surface area contributed by atoms with Gasteiger partial charge >= 0.3 is 0 Å². The summed E-state index contributed by atoms with van der Waals surface area (Å²) in [6.45, 7) is 3.36. The van der Waals surface area contributed by atoms with Gasteiger partial charge in [0.05, 0.1) is 6.10 Å². The second-order valence-corrected chi connectivity index (χ2v) is 4.99. The highest BCUT2D eigenvalue weighted by Gasteiger charge is 2.19. The highest BCUT2D eigenvalue weighted by atomic mass is 28.2. The van der Waals surface area contributed by atoms with Crippen LogP contribution >= 0.6 is 0 Å². The lowest BCUT2D eigenvalue weighted by molar-refractivity contribution is 0.130. The molecule has 0 aromatic rings. The molecule has 2 atom stereocenters. The molecule has 2 N–H and O–H groups in total. The van der Waals surface area contributed by atoms with Gasteiger partial charge in [0.1, 0.15) is 0 Å². The maximum atomic E-state index is 9.65. The van der Waals surface area contributed by atoms with Crippen molar-refractivity contribution in [2.45, 2.75) is 44.0 Å². The van der Waals surface area contributed by atoms with Crippen molar-refractivity contribution in [3.8, 4) is 0 Å². The predicted octanol–water partition coefficient (Wildman–Crippen LogP) is 0.125. The van der Waals surface area contributed by atoms with Gasteiger partial charge in [-0.1, -0.05) is 13.0 Å². The van der Waals surface area contributed by atoms with Gasteiger partial charge in [-0.15, -0.1) is 0 Å². The number of nitrogens with one attached hydrogen (secondary N) is 1. The van der Waals surface area contributed by atoms with Crippen LogP contribution in [0.1, 0.15) is 19.3 Å². The van der Waals surface area contributed by atoms with E-state index in [1.165, 1.54) is 19.3 Å². The Hall–Kier alpha value is 0.137. The van der Waals surface area contributed by atoms with Crippen LogP contribution in [0.5, 0.6) is 0 Å². The second-order valence-electron chi connectivity index (χ2n) is 3.41. The minimum atomic E-state index is -0.0491. The first-order valence-electron chi connectivity index (χ1n) is 4.76. The molecular weight excluding hydrogens is 154 g/mol. The summed E-state index contributed by atoms with van der Waals surface area (Å²) in [5.41, 5.74) is 0. The first-order chi connectivity index (χ1) is 5.34. The lowest BCUT2D eigenvalue weighted by Crippen LogP contribution is -2.43. The number of hydrogen-bond donors (Lipinski definition) is 2. The van der Waals surface area contributed by atoms with Crippen molar-refractivity contribution in [2.24, 2.45) is 0 Å². The molecule has 1 aliphatic heterocycles. The van der Waals surface area contributed by atoms with Crippen molar-refractivity contribution >= 4 is 9.52 Å². The van der Waals surface area contributed by atoms with Crippen LogP contribution in [0.2, 0.25) is 12.6 Å². The highest BCUT2D eigenvalue weighted by molar-refractivity contribution is 6.33. The molecule has 0 radical (unpaired) electrons. The van der Waals surface area contributed by atoms with Crippen LogP contribution in [-0.4, -0.2) is 33.3 Å². The molecule has 0 bridgehead atoms. The molecule has 0 amide bonds. The fraction of sp³-hybridized carbons (Fsp3) is 1.00. The summed E-state index contributed by atoms with van der Waals surface area (Å²) in [4.78, 5) is 0.